The highest BCUT2D eigenvalue weighted by Crippen LogP contribution is 2.30. The summed E-state index contributed by atoms with van der Waals surface area (Å²) < 4.78 is 38.4. The number of benzene rings is 3. The van der Waals surface area contributed by atoms with E-state index in [0.717, 1.165) is 31.0 Å². The fraction of sp³-hybridized carbons (Fsp3) is 0.360. The maximum Gasteiger partial charge on any atom is 0.416 e. The smallest absolute Gasteiger partial charge is 0.310 e. The van der Waals surface area contributed by atoms with Crippen LogP contribution < -0.4 is 5.32 Å². The van der Waals surface area contributed by atoms with E-state index < -0.39 is 11.7 Å². The van der Waals surface area contributed by atoms with Gasteiger partial charge in [-0.05, 0) is 53.8 Å². The van der Waals surface area contributed by atoms with Crippen LogP contribution in [0.2, 0.25) is 0 Å². The molecule has 0 aliphatic heterocycles. The summed E-state index contributed by atoms with van der Waals surface area (Å²) in [6.07, 6.45) is -1.90. The SMILES string of the molecule is CC.CC[C@@H](NCCCc1cccc(C(F)(F)F)c1)c1cccc2ccccc12. The van der Waals surface area contributed by atoms with E-state index in [-0.39, 0.29) is 6.04 Å². The minimum atomic E-state index is -4.28. The molecule has 29 heavy (non-hydrogen) atoms. The van der Waals surface area contributed by atoms with Gasteiger partial charge in [0.25, 0.3) is 0 Å². The fourth-order valence-electron chi connectivity index (χ4n) is 3.50. The number of hydrogen-bond donors (Lipinski definition) is 1. The molecule has 0 radical (unpaired) electrons. The maximum absolute atomic E-state index is 12.8. The molecule has 0 aliphatic carbocycles. The zero-order valence-corrected chi connectivity index (χ0v) is 17.4. The highest BCUT2D eigenvalue weighted by atomic mass is 19.4. The average Bonchev–Trinajstić information content (AvgIpc) is 2.75. The van der Waals surface area contributed by atoms with Crippen LogP contribution >= 0.6 is 0 Å². The Morgan fingerprint density at radius 1 is 0.897 bits per heavy atom. The van der Waals surface area contributed by atoms with Crippen molar-refractivity contribution in [1.29, 1.82) is 0 Å². The van der Waals surface area contributed by atoms with Crippen molar-refractivity contribution in [3.8, 4) is 0 Å². The summed E-state index contributed by atoms with van der Waals surface area (Å²) >= 11 is 0. The molecule has 1 N–H and O–H groups in total. The molecule has 3 rings (SSSR count). The van der Waals surface area contributed by atoms with Crippen LogP contribution in [-0.4, -0.2) is 6.54 Å². The lowest BCUT2D eigenvalue weighted by Crippen LogP contribution is -2.22. The molecule has 0 saturated carbocycles. The molecule has 156 valence electrons. The Kier molecular flexibility index (Phi) is 8.71. The van der Waals surface area contributed by atoms with Gasteiger partial charge in [-0.3, -0.25) is 0 Å². The van der Waals surface area contributed by atoms with Crippen LogP contribution in [0, 0.1) is 0 Å². The molecule has 0 saturated heterocycles. The van der Waals surface area contributed by atoms with Crippen LogP contribution in [0.4, 0.5) is 13.2 Å². The number of hydrogen-bond acceptors (Lipinski definition) is 1. The quantitative estimate of drug-likeness (QED) is 0.403. The third-order valence-electron chi connectivity index (χ3n) is 4.89. The summed E-state index contributed by atoms with van der Waals surface area (Å²) in [5.41, 5.74) is 1.43. The first-order chi connectivity index (χ1) is 14.0. The van der Waals surface area contributed by atoms with Gasteiger partial charge in [-0.15, -0.1) is 0 Å². The first kappa shape index (κ1) is 23.0. The molecule has 0 aromatic heterocycles. The van der Waals surface area contributed by atoms with Crippen LogP contribution in [-0.2, 0) is 12.6 Å². The third-order valence-corrected chi connectivity index (χ3v) is 4.89. The van der Waals surface area contributed by atoms with Crippen LogP contribution in [0.25, 0.3) is 10.8 Å². The Morgan fingerprint density at radius 3 is 2.31 bits per heavy atom. The van der Waals surface area contributed by atoms with Gasteiger partial charge in [0, 0.05) is 6.04 Å². The summed E-state index contributed by atoms with van der Waals surface area (Å²) in [5, 5.41) is 6.04. The predicted molar refractivity (Wildman–Crippen MR) is 116 cm³/mol. The number of alkyl halides is 3. The average molecular weight is 402 g/mol. The lowest BCUT2D eigenvalue weighted by molar-refractivity contribution is -0.137. The second-order valence-electron chi connectivity index (χ2n) is 6.79. The molecule has 0 spiro atoms. The highest BCUT2D eigenvalue weighted by molar-refractivity contribution is 5.86. The molecule has 4 heteroatoms. The Morgan fingerprint density at radius 2 is 1.59 bits per heavy atom. The second kappa shape index (κ2) is 11.0. The van der Waals surface area contributed by atoms with Crippen LogP contribution in [0.3, 0.4) is 0 Å². The van der Waals surface area contributed by atoms with Gasteiger partial charge in [-0.25, -0.2) is 0 Å². The molecular formula is C25H30F3N. The maximum atomic E-state index is 12.8. The standard InChI is InChI=1S/C23H24F3N.C2H6/c1-2-22(21-14-6-11-18-10-3-4-13-20(18)21)27-15-7-9-17-8-5-12-19(16-17)23(24,25)26;1-2/h3-6,8,10-14,16,22,27H,2,7,9,15H2,1H3;1-2H3/t22-;/m1./s1. The summed E-state index contributed by atoms with van der Waals surface area (Å²) in [5.74, 6) is 0. The summed E-state index contributed by atoms with van der Waals surface area (Å²) in [6, 6.07) is 20.5. The zero-order valence-electron chi connectivity index (χ0n) is 17.4. The van der Waals surface area contributed by atoms with E-state index in [9.17, 15) is 13.2 Å². The first-order valence-corrected chi connectivity index (χ1v) is 10.4. The Bertz CT molecular complexity index is 881. The molecular weight excluding hydrogens is 371 g/mol. The van der Waals surface area contributed by atoms with E-state index in [1.54, 1.807) is 6.07 Å². The van der Waals surface area contributed by atoms with E-state index in [0.29, 0.717) is 6.42 Å². The van der Waals surface area contributed by atoms with Crippen molar-refractivity contribution in [3.05, 3.63) is 83.4 Å². The van der Waals surface area contributed by atoms with Gasteiger partial charge < -0.3 is 5.32 Å². The Hall–Kier alpha value is -2.33. The monoisotopic (exact) mass is 401 g/mol. The third kappa shape index (κ3) is 6.33. The molecule has 0 aliphatic rings. The molecule has 3 aromatic rings. The largest absolute Gasteiger partial charge is 0.416 e. The van der Waals surface area contributed by atoms with Crippen molar-refractivity contribution in [2.75, 3.05) is 6.54 Å². The van der Waals surface area contributed by atoms with E-state index in [2.05, 4.69) is 42.6 Å². The van der Waals surface area contributed by atoms with E-state index >= 15 is 0 Å². The van der Waals surface area contributed by atoms with E-state index in [1.807, 2.05) is 26.0 Å². The molecule has 0 heterocycles. The highest BCUT2D eigenvalue weighted by Gasteiger charge is 2.30. The van der Waals surface area contributed by atoms with E-state index in [1.165, 1.54) is 28.5 Å². The van der Waals surface area contributed by atoms with Crippen molar-refractivity contribution in [1.82, 2.24) is 5.32 Å². The van der Waals surface area contributed by atoms with Crippen molar-refractivity contribution < 1.29 is 13.2 Å². The minimum absolute atomic E-state index is 0.234. The van der Waals surface area contributed by atoms with E-state index in [4.69, 9.17) is 0 Å². The van der Waals surface area contributed by atoms with Crippen molar-refractivity contribution in [2.45, 2.75) is 52.3 Å². The summed E-state index contributed by atoms with van der Waals surface area (Å²) in [7, 11) is 0. The van der Waals surface area contributed by atoms with Gasteiger partial charge in [0.2, 0.25) is 0 Å². The first-order valence-electron chi connectivity index (χ1n) is 10.4. The van der Waals surface area contributed by atoms with Crippen LogP contribution in [0.5, 0.6) is 0 Å². The van der Waals surface area contributed by atoms with Crippen molar-refractivity contribution >= 4 is 10.8 Å². The van der Waals surface area contributed by atoms with Gasteiger partial charge in [-0.1, -0.05) is 81.4 Å². The topological polar surface area (TPSA) is 12.0 Å². The number of halogens is 3. The van der Waals surface area contributed by atoms with Gasteiger partial charge in [-0.2, -0.15) is 13.2 Å². The summed E-state index contributed by atoms with van der Waals surface area (Å²) in [4.78, 5) is 0. The molecule has 0 amide bonds. The molecule has 0 unspecified atom stereocenters. The van der Waals surface area contributed by atoms with Crippen molar-refractivity contribution in [3.63, 3.8) is 0 Å². The normalized spacial score (nSPS) is 12.3. The Balaban J connectivity index is 0.00000145. The lowest BCUT2D eigenvalue weighted by atomic mass is 9.97. The molecule has 1 nitrogen and oxygen atoms in total. The fourth-order valence-corrected chi connectivity index (χ4v) is 3.50. The number of fused-ring (bicyclic) bond motifs is 1. The molecule has 0 fully saturated rings. The van der Waals surface area contributed by atoms with Gasteiger partial charge >= 0.3 is 6.18 Å². The predicted octanol–water partition coefficient (Wildman–Crippen LogP) is 7.56. The van der Waals surface area contributed by atoms with Gasteiger partial charge in [0.1, 0.15) is 0 Å². The van der Waals surface area contributed by atoms with Crippen LogP contribution in [0.1, 0.15) is 56.3 Å². The van der Waals surface area contributed by atoms with Crippen molar-refractivity contribution in [2.24, 2.45) is 0 Å². The zero-order chi connectivity index (χ0) is 21.3. The molecule has 3 aromatic carbocycles. The minimum Gasteiger partial charge on any atom is -0.310 e. The van der Waals surface area contributed by atoms with Crippen LogP contribution in [0.15, 0.2) is 66.7 Å². The van der Waals surface area contributed by atoms with Gasteiger partial charge in [0.15, 0.2) is 0 Å². The number of rotatable bonds is 7. The molecule has 0 bridgehead atoms. The Labute approximate surface area is 172 Å². The number of nitrogens with one attached hydrogen (secondary N) is 1. The van der Waals surface area contributed by atoms with Gasteiger partial charge in [0.05, 0.1) is 5.56 Å². The summed E-state index contributed by atoms with van der Waals surface area (Å²) in [6.45, 7) is 6.91. The molecule has 1 atom stereocenters. The second-order valence-corrected chi connectivity index (χ2v) is 6.79. The number of aryl methyl sites for hydroxylation is 1. The lowest BCUT2D eigenvalue weighted by Gasteiger charge is -2.19.